The Balaban J connectivity index is 1.78. The Morgan fingerprint density at radius 1 is 1.27 bits per heavy atom. The number of likely N-dealkylation sites (tertiary alicyclic amines) is 1. The number of piperidine rings is 1. The van der Waals surface area contributed by atoms with Gasteiger partial charge in [0, 0.05) is 25.7 Å². The van der Waals surface area contributed by atoms with Crippen LogP contribution < -0.4 is 5.32 Å². The molecule has 1 aliphatic heterocycles. The van der Waals surface area contributed by atoms with E-state index in [2.05, 4.69) is 11.9 Å². The van der Waals surface area contributed by atoms with Crippen LogP contribution in [0.25, 0.3) is 0 Å². The highest BCUT2D eigenvalue weighted by molar-refractivity contribution is 5.24. The zero-order valence-corrected chi connectivity index (χ0v) is 12.3. The molecule has 1 heterocycles. The number of nitrogens with zero attached hydrogens (tertiary/aromatic N) is 1. The van der Waals surface area contributed by atoms with Gasteiger partial charge in [-0.15, -0.1) is 0 Å². The summed E-state index contributed by atoms with van der Waals surface area (Å²) in [6.07, 6.45) is -1.59. The molecule has 0 aromatic heterocycles. The molecule has 22 heavy (non-hydrogen) atoms. The van der Waals surface area contributed by atoms with E-state index >= 15 is 0 Å². The molecule has 1 aliphatic rings. The van der Waals surface area contributed by atoms with Crippen molar-refractivity contribution in [3.8, 4) is 0 Å². The van der Waals surface area contributed by atoms with E-state index in [9.17, 15) is 18.3 Å². The van der Waals surface area contributed by atoms with Gasteiger partial charge in [0.2, 0.25) is 0 Å². The van der Waals surface area contributed by atoms with Gasteiger partial charge >= 0.3 is 6.18 Å². The maximum atomic E-state index is 12.5. The fourth-order valence-corrected chi connectivity index (χ4v) is 2.59. The molecule has 2 N–H and O–H groups in total. The first-order valence-corrected chi connectivity index (χ1v) is 7.34. The molecule has 1 unspecified atom stereocenters. The average Bonchev–Trinajstić information content (AvgIpc) is 2.52. The summed E-state index contributed by atoms with van der Waals surface area (Å²) in [5, 5.41) is 13.0. The number of hydrogen-bond donors (Lipinski definition) is 2. The number of halogens is 3. The zero-order chi connectivity index (χ0) is 16.2. The molecule has 6 heteroatoms. The maximum Gasteiger partial charge on any atom is 0.416 e. The van der Waals surface area contributed by atoms with Crippen LogP contribution >= 0.6 is 0 Å². The molecule has 1 saturated heterocycles. The van der Waals surface area contributed by atoms with Gasteiger partial charge in [-0.2, -0.15) is 13.2 Å². The van der Waals surface area contributed by atoms with Crippen LogP contribution in [0.3, 0.4) is 0 Å². The number of alkyl halides is 3. The Morgan fingerprint density at radius 2 is 1.86 bits per heavy atom. The summed E-state index contributed by atoms with van der Waals surface area (Å²) in [4.78, 5) is 1.95. The lowest BCUT2D eigenvalue weighted by Gasteiger charge is -2.34. The molecular weight excluding hydrogens is 293 g/mol. The second-order valence-corrected chi connectivity index (χ2v) is 5.54. The highest BCUT2D eigenvalue weighted by atomic mass is 19.4. The molecule has 1 aromatic rings. The van der Waals surface area contributed by atoms with E-state index in [4.69, 9.17) is 0 Å². The average molecular weight is 314 g/mol. The molecule has 122 valence electrons. The summed E-state index contributed by atoms with van der Waals surface area (Å²) in [5.74, 6) is 0. The van der Waals surface area contributed by atoms with E-state index in [1.54, 1.807) is 0 Å². The topological polar surface area (TPSA) is 35.5 Å². The molecule has 0 bridgehead atoms. The Bertz CT molecular complexity index is 479. The highest BCUT2D eigenvalue weighted by Gasteiger charge is 2.30. The predicted molar refractivity (Wildman–Crippen MR) is 79.1 cm³/mol. The van der Waals surface area contributed by atoms with Crippen LogP contribution in [0, 0.1) is 0 Å². The van der Waals surface area contributed by atoms with E-state index in [1.807, 2.05) is 4.90 Å². The minimum absolute atomic E-state index is 0.315. The van der Waals surface area contributed by atoms with Crippen LogP contribution in [0.2, 0.25) is 0 Å². The van der Waals surface area contributed by atoms with Gasteiger partial charge in [0.25, 0.3) is 0 Å². The molecule has 0 spiro atoms. The van der Waals surface area contributed by atoms with Crippen molar-refractivity contribution in [2.45, 2.75) is 37.8 Å². The zero-order valence-electron chi connectivity index (χ0n) is 12.3. The molecule has 0 saturated carbocycles. The quantitative estimate of drug-likeness (QED) is 0.821. The SMILES string of the molecule is C=CC(O)N1CCC(NCc2ccc(C(F)(F)F)cc2)CC1. The van der Waals surface area contributed by atoms with Gasteiger partial charge in [0.1, 0.15) is 6.23 Å². The van der Waals surface area contributed by atoms with Crippen molar-refractivity contribution in [2.24, 2.45) is 0 Å². The second kappa shape index (κ2) is 7.26. The lowest BCUT2D eigenvalue weighted by Crippen LogP contribution is -2.45. The minimum atomic E-state index is -4.29. The van der Waals surface area contributed by atoms with Crippen molar-refractivity contribution in [1.82, 2.24) is 10.2 Å². The van der Waals surface area contributed by atoms with Gasteiger partial charge in [-0.3, -0.25) is 4.90 Å². The summed E-state index contributed by atoms with van der Waals surface area (Å²) >= 11 is 0. The van der Waals surface area contributed by atoms with Crippen LogP contribution in [0.5, 0.6) is 0 Å². The largest absolute Gasteiger partial charge is 0.416 e. The summed E-state index contributed by atoms with van der Waals surface area (Å²) < 4.78 is 37.4. The Kier molecular flexibility index (Phi) is 5.61. The van der Waals surface area contributed by atoms with Crippen molar-refractivity contribution < 1.29 is 18.3 Å². The number of rotatable bonds is 5. The van der Waals surface area contributed by atoms with Gasteiger partial charge in [-0.05, 0) is 36.6 Å². The van der Waals surface area contributed by atoms with E-state index < -0.39 is 18.0 Å². The van der Waals surface area contributed by atoms with E-state index in [0.29, 0.717) is 12.6 Å². The summed E-state index contributed by atoms with van der Waals surface area (Å²) in [5.41, 5.74) is 0.213. The Hall–Kier alpha value is -1.37. The lowest BCUT2D eigenvalue weighted by atomic mass is 10.0. The van der Waals surface area contributed by atoms with Gasteiger partial charge in [0.15, 0.2) is 0 Å². The second-order valence-electron chi connectivity index (χ2n) is 5.54. The van der Waals surface area contributed by atoms with Crippen LogP contribution in [-0.2, 0) is 12.7 Å². The van der Waals surface area contributed by atoms with Crippen molar-refractivity contribution in [2.75, 3.05) is 13.1 Å². The van der Waals surface area contributed by atoms with Crippen LogP contribution in [0.4, 0.5) is 13.2 Å². The molecule has 2 rings (SSSR count). The van der Waals surface area contributed by atoms with E-state index in [0.717, 1.165) is 43.6 Å². The minimum Gasteiger partial charge on any atom is -0.375 e. The number of benzene rings is 1. The molecule has 0 amide bonds. The standard InChI is InChI=1S/C16H21F3N2O/c1-2-15(22)21-9-7-14(8-10-21)20-11-12-3-5-13(6-4-12)16(17,18)19/h2-6,14-15,20,22H,1,7-11H2. The summed E-state index contributed by atoms with van der Waals surface area (Å²) in [6.45, 7) is 5.67. The van der Waals surface area contributed by atoms with Crippen LogP contribution in [0.15, 0.2) is 36.9 Å². The number of aliphatic hydroxyl groups excluding tert-OH is 1. The van der Waals surface area contributed by atoms with Crippen LogP contribution in [-0.4, -0.2) is 35.4 Å². The third kappa shape index (κ3) is 4.56. The van der Waals surface area contributed by atoms with Gasteiger partial charge < -0.3 is 10.4 Å². The smallest absolute Gasteiger partial charge is 0.375 e. The number of nitrogens with one attached hydrogen (secondary N) is 1. The Morgan fingerprint density at radius 3 is 2.36 bits per heavy atom. The molecule has 1 atom stereocenters. The Labute approximate surface area is 128 Å². The molecule has 3 nitrogen and oxygen atoms in total. The van der Waals surface area contributed by atoms with Crippen LogP contribution in [0.1, 0.15) is 24.0 Å². The maximum absolute atomic E-state index is 12.5. The molecule has 1 fully saturated rings. The van der Waals surface area contributed by atoms with Gasteiger partial charge in [-0.25, -0.2) is 0 Å². The number of aliphatic hydroxyl groups is 1. The first-order valence-electron chi connectivity index (χ1n) is 7.34. The first kappa shape index (κ1) is 17.0. The normalized spacial score (nSPS) is 19.1. The van der Waals surface area contributed by atoms with Crippen molar-refractivity contribution in [3.63, 3.8) is 0 Å². The summed E-state index contributed by atoms with van der Waals surface area (Å²) in [7, 11) is 0. The van der Waals surface area contributed by atoms with Gasteiger partial charge in [-0.1, -0.05) is 18.7 Å². The van der Waals surface area contributed by atoms with E-state index in [-0.39, 0.29) is 0 Å². The predicted octanol–water partition coefficient (Wildman–Crippen LogP) is 2.76. The van der Waals surface area contributed by atoms with E-state index in [1.165, 1.54) is 18.2 Å². The molecule has 1 aromatic carbocycles. The third-order valence-electron chi connectivity index (χ3n) is 3.99. The van der Waals surface area contributed by atoms with Gasteiger partial charge in [0.05, 0.1) is 5.56 Å². The molecule has 0 aliphatic carbocycles. The third-order valence-corrected chi connectivity index (χ3v) is 3.99. The van der Waals surface area contributed by atoms with Crippen molar-refractivity contribution in [3.05, 3.63) is 48.0 Å². The number of hydrogen-bond acceptors (Lipinski definition) is 3. The fourth-order valence-electron chi connectivity index (χ4n) is 2.59. The molecule has 0 radical (unpaired) electrons. The highest BCUT2D eigenvalue weighted by Crippen LogP contribution is 2.29. The molecular formula is C16H21F3N2O. The monoisotopic (exact) mass is 314 g/mol. The lowest BCUT2D eigenvalue weighted by molar-refractivity contribution is -0.137. The fraction of sp³-hybridized carbons (Fsp3) is 0.500. The first-order chi connectivity index (χ1) is 10.4. The summed E-state index contributed by atoms with van der Waals surface area (Å²) in [6, 6.07) is 5.55. The van der Waals surface area contributed by atoms with Crippen molar-refractivity contribution >= 4 is 0 Å². The van der Waals surface area contributed by atoms with Crippen molar-refractivity contribution in [1.29, 1.82) is 0 Å².